The smallest absolute Gasteiger partial charge is 0.281 e. The second-order valence-corrected chi connectivity index (χ2v) is 7.23. The molecule has 2 N–H and O–H groups in total. The molecular weight excluding hydrogens is 384 g/mol. The fraction of sp³-hybridized carbons (Fsp3) is 0.556. The molecule has 0 saturated carbocycles. The van der Waals surface area contributed by atoms with E-state index in [0.717, 1.165) is 23.6 Å². The van der Waals surface area contributed by atoms with Crippen molar-refractivity contribution in [1.29, 1.82) is 0 Å². The SMILES string of the molecule is Nc1ncc(-c2nc(N3CCOCC3)c3c(n2)N2CCOCC2C3)c(C(F)F)n1. The summed E-state index contributed by atoms with van der Waals surface area (Å²) in [5.41, 5.74) is 6.20. The first-order valence-electron chi connectivity index (χ1n) is 9.60. The molecule has 1 unspecified atom stereocenters. The standard InChI is InChI=1S/C18H21F2N7O2/c19-14(20)13-12(8-22-18(21)23-13)15-24-16(26-1-4-28-5-2-26)11-7-10-9-29-6-3-27(10)17(11)25-15/h8,10,14H,1-7,9H2,(H2,21,22,23). The average Bonchev–Trinajstić information content (AvgIpc) is 3.12. The summed E-state index contributed by atoms with van der Waals surface area (Å²) in [6.07, 6.45) is -0.766. The first-order valence-corrected chi connectivity index (χ1v) is 9.60. The Bertz CT molecular complexity index is 923. The molecule has 0 amide bonds. The Hall–Kier alpha value is -2.66. The van der Waals surface area contributed by atoms with Gasteiger partial charge in [0.2, 0.25) is 5.95 Å². The van der Waals surface area contributed by atoms with E-state index in [1.54, 1.807) is 0 Å². The Balaban J connectivity index is 1.66. The van der Waals surface area contributed by atoms with Crippen LogP contribution >= 0.6 is 0 Å². The third kappa shape index (κ3) is 3.23. The molecule has 0 aromatic carbocycles. The Morgan fingerprint density at radius 3 is 2.59 bits per heavy atom. The number of fused-ring (bicyclic) bond motifs is 3. The van der Waals surface area contributed by atoms with Gasteiger partial charge in [-0.2, -0.15) is 0 Å². The van der Waals surface area contributed by atoms with E-state index in [0.29, 0.717) is 46.1 Å². The Morgan fingerprint density at radius 1 is 1.03 bits per heavy atom. The molecule has 9 nitrogen and oxygen atoms in total. The van der Waals surface area contributed by atoms with Crippen LogP contribution in [-0.4, -0.2) is 72.0 Å². The topological polar surface area (TPSA) is 103 Å². The molecule has 1 atom stereocenters. The van der Waals surface area contributed by atoms with Gasteiger partial charge in [0, 0.05) is 37.8 Å². The number of anilines is 3. The Morgan fingerprint density at radius 2 is 1.79 bits per heavy atom. The molecular formula is C18H21F2N7O2. The number of nitrogens with two attached hydrogens (primary N) is 1. The largest absolute Gasteiger partial charge is 0.378 e. The van der Waals surface area contributed by atoms with Gasteiger partial charge in [0.15, 0.2) is 5.82 Å². The molecule has 5 heterocycles. The van der Waals surface area contributed by atoms with E-state index in [-0.39, 0.29) is 23.4 Å². The lowest BCUT2D eigenvalue weighted by Crippen LogP contribution is -2.43. The second kappa shape index (κ2) is 7.30. The van der Waals surface area contributed by atoms with E-state index in [1.807, 2.05) is 0 Å². The van der Waals surface area contributed by atoms with Gasteiger partial charge in [0.1, 0.15) is 17.3 Å². The minimum Gasteiger partial charge on any atom is -0.378 e. The van der Waals surface area contributed by atoms with Crippen molar-refractivity contribution in [3.8, 4) is 11.4 Å². The molecule has 0 aliphatic carbocycles. The van der Waals surface area contributed by atoms with Crippen LogP contribution in [0.3, 0.4) is 0 Å². The molecule has 2 fully saturated rings. The number of morpholine rings is 2. The molecule has 11 heteroatoms. The average molecular weight is 405 g/mol. The summed E-state index contributed by atoms with van der Waals surface area (Å²) in [4.78, 5) is 21.3. The first kappa shape index (κ1) is 18.4. The lowest BCUT2D eigenvalue weighted by atomic mass is 10.1. The molecule has 2 aromatic rings. The van der Waals surface area contributed by atoms with Gasteiger partial charge in [-0.25, -0.2) is 28.7 Å². The summed E-state index contributed by atoms with van der Waals surface area (Å²) in [5.74, 6) is 1.53. The number of halogens is 2. The minimum atomic E-state index is -2.81. The van der Waals surface area contributed by atoms with Gasteiger partial charge in [-0.15, -0.1) is 0 Å². The van der Waals surface area contributed by atoms with E-state index in [4.69, 9.17) is 20.2 Å². The number of nitrogen functional groups attached to an aromatic ring is 1. The van der Waals surface area contributed by atoms with E-state index >= 15 is 0 Å². The zero-order valence-corrected chi connectivity index (χ0v) is 15.7. The molecule has 5 rings (SSSR count). The van der Waals surface area contributed by atoms with Crippen molar-refractivity contribution in [2.75, 3.05) is 61.6 Å². The van der Waals surface area contributed by atoms with Crippen molar-refractivity contribution in [1.82, 2.24) is 19.9 Å². The first-order chi connectivity index (χ1) is 14.1. The van der Waals surface area contributed by atoms with E-state index in [2.05, 4.69) is 24.8 Å². The summed E-state index contributed by atoms with van der Waals surface area (Å²) in [7, 11) is 0. The quantitative estimate of drug-likeness (QED) is 0.803. The number of hydrogen-bond acceptors (Lipinski definition) is 9. The van der Waals surface area contributed by atoms with E-state index in [9.17, 15) is 8.78 Å². The van der Waals surface area contributed by atoms with Gasteiger partial charge in [-0.3, -0.25) is 0 Å². The fourth-order valence-electron chi connectivity index (χ4n) is 4.12. The van der Waals surface area contributed by atoms with Crippen molar-refractivity contribution in [3.05, 3.63) is 17.5 Å². The number of aromatic nitrogens is 4. The summed E-state index contributed by atoms with van der Waals surface area (Å²) >= 11 is 0. The van der Waals surface area contributed by atoms with Crippen LogP contribution in [0, 0.1) is 0 Å². The van der Waals surface area contributed by atoms with E-state index in [1.165, 1.54) is 6.20 Å². The van der Waals surface area contributed by atoms with Gasteiger partial charge in [-0.1, -0.05) is 0 Å². The maximum Gasteiger partial charge on any atom is 0.281 e. The Labute approximate surface area is 165 Å². The number of hydrogen-bond donors (Lipinski definition) is 1. The van der Waals surface area contributed by atoms with Crippen molar-refractivity contribution < 1.29 is 18.3 Å². The summed E-state index contributed by atoms with van der Waals surface area (Å²) < 4.78 is 38.4. The maximum atomic E-state index is 13.6. The second-order valence-electron chi connectivity index (χ2n) is 7.23. The van der Waals surface area contributed by atoms with Crippen LogP contribution in [0.25, 0.3) is 11.4 Å². The number of rotatable bonds is 3. The monoisotopic (exact) mass is 405 g/mol. The molecule has 3 aliphatic heterocycles. The van der Waals surface area contributed by atoms with E-state index < -0.39 is 12.1 Å². The molecule has 0 bridgehead atoms. The van der Waals surface area contributed by atoms with Crippen LogP contribution in [-0.2, 0) is 15.9 Å². The molecule has 0 radical (unpaired) electrons. The normalized spacial score (nSPS) is 21.4. The molecule has 2 aromatic heterocycles. The fourth-order valence-corrected chi connectivity index (χ4v) is 4.12. The highest BCUT2D eigenvalue weighted by atomic mass is 19.3. The van der Waals surface area contributed by atoms with Gasteiger partial charge in [-0.05, 0) is 0 Å². The van der Waals surface area contributed by atoms with Gasteiger partial charge in [0.25, 0.3) is 6.43 Å². The number of nitrogens with zero attached hydrogens (tertiary/aromatic N) is 6. The minimum absolute atomic E-state index is 0.100. The Kier molecular flexibility index (Phi) is 4.63. The summed E-state index contributed by atoms with van der Waals surface area (Å²) in [5, 5.41) is 0. The molecule has 2 saturated heterocycles. The molecule has 154 valence electrons. The van der Waals surface area contributed by atoms with Crippen molar-refractivity contribution >= 4 is 17.6 Å². The van der Waals surface area contributed by atoms with Gasteiger partial charge < -0.3 is 25.0 Å². The number of alkyl halides is 2. The third-order valence-electron chi connectivity index (χ3n) is 5.50. The predicted molar refractivity (Wildman–Crippen MR) is 101 cm³/mol. The lowest BCUT2D eigenvalue weighted by Gasteiger charge is -2.31. The maximum absolute atomic E-state index is 13.6. The number of ether oxygens (including phenoxy) is 2. The highest BCUT2D eigenvalue weighted by Crippen LogP contribution is 2.40. The summed E-state index contributed by atoms with van der Waals surface area (Å²) in [6.45, 7) is 4.48. The van der Waals surface area contributed by atoms with Crippen LogP contribution in [0.2, 0.25) is 0 Å². The van der Waals surface area contributed by atoms with Crippen LogP contribution in [0.4, 0.5) is 26.4 Å². The zero-order valence-electron chi connectivity index (χ0n) is 15.7. The van der Waals surface area contributed by atoms with Gasteiger partial charge >= 0.3 is 0 Å². The summed E-state index contributed by atoms with van der Waals surface area (Å²) in [6, 6.07) is 0.181. The zero-order chi connectivity index (χ0) is 20.0. The highest BCUT2D eigenvalue weighted by molar-refractivity contribution is 5.71. The van der Waals surface area contributed by atoms with Crippen LogP contribution < -0.4 is 15.5 Å². The lowest BCUT2D eigenvalue weighted by molar-refractivity contribution is 0.0973. The van der Waals surface area contributed by atoms with Crippen molar-refractivity contribution in [2.45, 2.75) is 18.9 Å². The van der Waals surface area contributed by atoms with Crippen LogP contribution in [0.1, 0.15) is 17.7 Å². The highest BCUT2D eigenvalue weighted by Gasteiger charge is 2.37. The van der Waals surface area contributed by atoms with Crippen LogP contribution in [0.15, 0.2) is 6.20 Å². The molecule has 0 spiro atoms. The van der Waals surface area contributed by atoms with Crippen LogP contribution in [0.5, 0.6) is 0 Å². The third-order valence-corrected chi connectivity index (χ3v) is 5.50. The molecule has 29 heavy (non-hydrogen) atoms. The predicted octanol–water partition coefficient (Wildman–Crippen LogP) is 1.05. The van der Waals surface area contributed by atoms with Crippen molar-refractivity contribution in [3.63, 3.8) is 0 Å². The van der Waals surface area contributed by atoms with Gasteiger partial charge in [0.05, 0.1) is 38.0 Å². The van der Waals surface area contributed by atoms with Crippen molar-refractivity contribution in [2.24, 2.45) is 0 Å². The molecule has 3 aliphatic rings.